The predicted molar refractivity (Wildman–Crippen MR) is 137 cm³/mol. The van der Waals surface area contributed by atoms with Crippen LogP contribution in [0.25, 0.3) is 17.0 Å². The monoisotopic (exact) mass is 578 g/mol. The van der Waals surface area contributed by atoms with Crippen LogP contribution < -0.4 is 10.5 Å². The first-order chi connectivity index (χ1) is 17.3. The van der Waals surface area contributed by atoms with E-state index in [1.165, 1.54) is 23.2 Å². The molecular formula is C24H24Cl3F3N4O3. The summed E-state index contributed by atoms with van der Waals surface area (Å²) in [7, 11) is 0. The molecule has 0 saturated carbocycles. The Kier molecular flexibility index (Phi) is 9.36. The Hall–Kier alpha value is -2.50. The van der Waals surface area contributed by atoms with Gasteiger partial charge in [-0.3, -0.25) is 0 Å². The topological polar surface area (TPSA) is 97.6 Å². The lowest BCUT2D eigenvalue weighted by molar-refractivity contribution is -0.0892. The summed E-state index contributed by atoms with van der Waals surface area (Å²) >= 11 is 18.7. The van der Waals surface area contributed by atoms with E-state index >= 15 is 0 Å². The molecule has 1 aromatic carbocycles. The number of hydrogen-bond donors (Lipinski definition) is 2. The van der Waals surface area contributed by atoms with Crippen molar-refractivity contribution in [3.8, 4) is 17.2 Å². The van der Waals surface area contributed by atoms with E-state index in [2.05, 4.69) is 16.7 Å². The highest BCUT2D eigenvalue weighted by molar-refractivity contribution is 6.36. The van der Waals surface area contributed by atoms with Gasteiger partial charge in [-0.2, -0.15) is 18.2 Å². The average Bonchev–Trinajstić information content (AvgIpc) is 3.33. The maximum Gasteiger partial charge on any atom is 0.417 e. The molecule has 0 amide bonds. The number of aromatic nitrogens is 2. The quantitative estimate of drug-likeness (QED) is 0.349. The number of hydrogen-bond acceptors (Lipinski definition) is 7. The maximum absolute atomic E-state index is 13.4. The number of nitrogens with two attached hydrogens (primary N) is 1. The van der Waals surface area contributed by atoms with Crippen molar-refractivity contribution in [2.24, 2.45) is 11.7 Å². The molecule has 13 heteroatoms. The number of nitrogens with zero attached hydrogens (tertiary/aromatic N) is 3. The van der Waals surface area contributed by atoms with Crippen LogP contribution in [0.1, 0.15) is 26.1 Å². The van der Waals surface area contributed by atoms with Crippen LogP contribution in [0.4, 0.5) is 13.2 Å². The molecule has 0 saturated heterocycles. The molecule has 1 aliphatic rings. The Morgan fingerprint density at radius 1 is 1.30 bits per heavy atom. The Labute approximate surface area is 226 Å². The number of allylic oxidation sites excluding steroid dienone is 4. The summed E-state index contributed by atoms with van der Waals surface area (Å²) in [5.41, 5.74) is 5.68. The summed E-state index contributed by atoms with van der Waals surface area (Å²) in [4.78, 5) is 5.61. The molecule has 200 valence electrons. The van der Waals surface area contributed by atoms with Crippen molar-refractivity contribution in [3.05, 3.63) is 69.4 Å². The molecule has 2 heterocycles. The SMILES string of the molecule is C=C1C(Cl)=CC(C(F)(F)F)=CN1/C=C(/c1noc(-c2cc(Cl)c(OCC(N)CO)cc2Cl)n1)C(C)CC. The summed E-state index contributed by atoms with van der Waals surface area (Å²) < 4.78 is 51.0. The van der Waals surface area contributed by atoms with E-state index in [0.717, 1.165) is 12.3 Å². The van der Waals surface area contributed by atoms with E-state index in [1.807, 2.05) is 13.8 Å². The van der Waals surface area contributed by atoms with E-state index in [4.69, 9.17) is 54.9 Å². The van der Waals surface area contributed by atoms with Gasteiger partial charge in [-0.05, 0) is 24.5 Å². The molecule has 0 fully saturated rings. The summed E-state index contributed by atoms with van der Waals surface area (Å²) in [6.45, 7) is 7.31. The minimum atomic E-state index is -4.60. The van der Waals surface area contributed by atoms with Gasteiger partial charge < -0.3 is 25.0 Å². The lowest BCUT2D eigenvalue weighted by Crippen LogP contribution is -2.31. The van der Waals surface area contributed by atoms with Gasteiger partial charge >= 0.3 is 6.18 Å². The van der Waals surface area contributed by atoms with Gasteiger partial charge in [0.15, 0.2) is 5.82 Å². The van der Waals surface area contributed by atoms with Crippen molar-refractivity contribution >= 4 is 40.4 Å². The largest absolute Gasteiger partial charge is 0.490 e. The van der Waals surface area contributed by atoms with Crippen LogP contribution in [-0.4, -0.2) is 45.6 Å². The zero-order chi connectivity index (χ0) is 27.5. The van der Waals surface area contributed by atoms with E-state index < -0.39 is 17.8 Å². The second-order valence-electron chi connectivity index (χ2n) is 8.26. The molecule has 2 atom stereocenters. The fourth-order valence-electron chi connectivity index (χ4n) is 3.16. The molecule has 3 rings (SSSR count). The third-order valence-corrected chi connectivity index (χ3v) is 6.46. The second kappa shape index (κ2) is 11.9. The summed E-state index contributed by atoms with van der Waals surface area (Å²) in [6.07, 6.45) is -0.806. The number of benzene rings is 1. The Morgan fingerprint density at radius 2 is 2.00 bits per heavy atom. The molecule has 1 aromatic heterocycles. The van der Waals surface area contributed by atoms with Crippen molar-refractivity contribution in [3.63, 3.8) is 0 Å². The Balaban J connectivity index is 1.97. The van der Waals surface area contributed by atoms with Crippen molar-refractivity contribution in [1.29, 1.82) is 0 Å². The number of aliphatic hydroxyl groups is 1. The van der Waals surface area contributed by atoms with Crippen LogP contribution in [-0.2, 0) is 0 Å². The summed E-state index contributed by atoms with van der Waals surface area (Å²) in [6, 6.07) is 2.33. The van der Waals surface area contributed by atoms with Crippen LogP contribution in [0.3, 0.4) is 0 Å². The minimum absolute atomic E-state index is 0.0190. The smallest absolute Gasteiger partial charge is 0.417 e. The van der Waals surface area contributed by atoms with Crippen LogP contribution in [0, 0.1) is 5.92 Å². The molecular weight excluding hydrogens is 556 g/mol. The number of aliphatic hydroxyl groups excluding tert-OH is 1. The third-order valence-electron chi connectivity index (χ3n) is 5.52. The van der Waals surface area contributed by atoms with E-state index in [0.29, 0.717) is 17.6 Å². The predicted octanol–water partition coefficient (Wildman–Crippen LogP) is 6.53. The number of halogens is 6. The van der Waals surface area contributed by atoms with Crippen molar-refractivity contribution in [2.75, 3.05) is 13.2 Å². The fraction of sp³-hybridized carbons (Fsp3) is 0.333. The summed E-state index contributed by atoms with van der Waals surface area (Å²) in [5.74, 6) is 0.263. The molecule has 0 bridgehead atoms. The van der Waals surface area contributed by atoms with Gasteiger partial charge in [0.1, 0.15) is 12.4 Å². The van der Waals surface area contributed by atoms with Gasteiger partial charge in [0.2, 0.25) is 0 Å². The molecule has 1 aliphatic heterocycles. The van der Waals surface area contributed by atoms with Crippen molar-refractivity contribution < 1.29 is 27.5 Å². The van der Waals surface area contributed by atoms with Crippen LogP contribution in [0.15, 0.2) is 58.0 Å². The number of rotatable bonds is 9. The number of alkyl halides is 3. The molecule has 0 spiro atoms. The van der Waals surface area contributed by atoms with Crippen LogP contribution >= 0.6 is 34.8 Å². The van der Waals surface area contributed by atoms with Crippen molar-refractivity contribution in [2.45, 2.75) is 32.5 Å². The number of ether oxygens (including phenoxy) is 1. The normalized spacial score (nSPS) is 16.4. The third kappa shape index (κ3) is 6.88. The van der Waals surface area contributed by atoms with Crippen molar-refractivity contribution in [1.82, 2.24) is 15.0 Å². The zero-order valence-electron chi connectivity index (χ0n) is 19.8. The minimum Gasteiger partial charge on any atom is -0.490 e. The Bertz CT molecular complexity index is 1260. The lowest BCUT2D eigenvalue weighted by Gasteiger charge is -2.26. The van der Waals surface area contributed by atoms with Gasteiger partial charge in [-0.1, -0.05) is 60.4 Å². The second-order valence-corrected chi connectivity index (χ2v) is 9.48. The first kappa shape index (κ1) is 29.1. The molecule has 3 N–H and O–H groups in total. The molecule has 7 nitrogen and oxygen atoms in total. The van der Waals surface area contributed by atoms with Crippen LogP contribution in [0.2, 0.25) is 10.0 Å². The molecule has 2 aromatic rings. The van der Waals surface area contributed by atoms with E-state index in [1.54, 1.807) is 0 Å². The molecule has 37 heavy (non-hydrogen) atoms. The van der Waals surface area contributed by atoms with Gasteiger partial charge in [0.25, 0.3) is 5.89 Å². The standard InChI is InChI=1S/C24H24Cl3F3N4O3/c1-4-12(2)17(9-34-8-14(24(28,29)30)5-18(25)13(34)3)22-32-23(37-33-22)16-6-20(27)21(7-19(16)26)36-11-15(31)10-35/h5-9,12,15,35H,3-4,10-11,31H2,1-2H3/b17-9+. The van der Waals surface area contributed by atoms with Gasteiger partial charge in [0, 0.05) is 24.0 Å². The highest BCUT2D eigenvalue weighted by Crippen LogP contribution is 2.39. The zero-order valence-corrected chi connectivity index (χ0v) is 22.1. The molecule has 2 unspecified atom stereocenters. The molecule has 0 aliphatic carbocycles. The lowest BCUT2D eigenvalue weighted by atomic mass is 9.98. The van der Waals surface area contributed by atoms with Gasteiger partial charge in [-0.15, -0.1) is 0 Å². The molecule has 0 radical (unpaired) electrons. The fourth-order valence-corrected chi connectivity index (χ4v) is 3.82. The highest BCUT2D eigenvalue weighted by Gasteiger charge is 2.35. The van der Waals surface area contributed by atoms with E-state index in [-0.39, 0.29) is 57.4 Å². The van der Waals surface area contributed by atoms with Gasteiger partial charge in [0.05, 0.1) is 44.6 Å². The maximum atomic E-state index is 13.4. The first-order valence-electron chi connectivity index (χ1n) is 11.0. The summed E-state index contributed by atoms with van der Waals surface area (Å²) in [5, 5.41) is 13.3. The van der Waals surface area contributed by atoms with E-state index in [9.17, 15) is 13.2 Å². The first-order valence-corrected chi connectivity index (χ1v) is 12.2. The highest BCUT2D eigenvalue weighted by atomic mass is 35.5. The Morgan fingerprint density at radius 3 is 2.62 bits per heavy atom. The van der Waals surface area contributed by atoms with Crippen LogP contribution in [0.5, 0.6) is 5.75 Å². The average molecular weight is 580 g/mol. The van der Waals surface area contributed by atoms with Gasteiger partial charge in [-0.25, -0.2) is 0 Å².